The number of nitrogens with zero attached hydrogens (tertiary/aromatic N) is 2. The summed E-state index contributed by atoms with van der Waals surface area (Å²) < 4.78 is 16.6. The van der Waals surface area contributed by atoms with E-state index in [1.54, 1.807) is 14.2 Å². The Morgan fingerprint density at radius 2 is 1.70 bits per heavy atom. The molecule has 1 aliphatic heterocycles. The SMILES string of the molecule is CCCOc1ccc(C2c3c(-c4ccccc4)n[nH]c3C(=O)N2CCc2ccc(OC)c(OC)c2)cc1. The summed E-state index contributed by atoms with van der Waals surface area (Å²) >= 11 is 0. The molecule has 0 saturated heterocycles. The van der Waals surface area contributed by atoms with Crippen molar-refractivity contribution >= 4 is 5.91 Å². The Labute approximate surface area is 217 Å². The second-order valence-corrected chi connectivity index (χ2v) is 8.98. The summed E-state index contributed by atoms with van der Waals surface area (Å²) in [6, 6.07) is 23.6. The molecule has 1 aromatic heterocycles. The molecule has 0 spiro atoms. The van der Waals surface area contributed by atoms with Crippen LogP contribution in [0.15, 0.2) is 72.8 Å². The second kappa shape index (κ2) is 10.8. The molecule has 1 amide bonds. The fraction of sp³-hybridized carbons (Fsp3) is 0.267. The number of fused-ring (bicyclic) bond motifs is 1. The number of amides is 1. The van der Waals surface area contributed by atoms with Gasteiger partial charge in [0.1, 0.15) is 11.4 Å². The Balaban J connectivity index is 1.50. The second-order valence-electron chi connectivity index (χ2n) is 8.98. The van der Waals surface area contributed by atoms with Gasteiger partial charge in [0.15, 0.2) is 11.5 Å². The van der Waals surface area contributed by atoms with Gasteiger partial charge >= 0.3 is 0 Å². The van der Waals surface area contributed by atoms with E-state index in [1.165, 1.54) is 0 Å². The van der Waals surface area contributed by atoms with Crippen molar-refractivity contribution < 1.29 is 19.0 Å². The highest BCUT2D eigenvalue weighted by Gasteiger charge is 2.41. The third-order valence-corrected chi connectivity index (χ3v) is 6.67. The van der Waals surface area contributed by atoms with E-state index in [0.717, 1.165) is 40.1 Å². The molecule has 3 aromatic carbocycles. The zero-order valence-electron chi connectivity index (χ0n) is 21.4. The van der Waals surface area contributed by atoms with Crippen LogP contribution in [0.3, 0.4) is 0 Å². The Kier molecular flexibility index (Phi) is 7.12. The van der Waals surface area contributed by atoms with Gasteiger partial charge in [-0.05, 0) is 48.2 Å². The Morgan fingerprint density at radius 3 is 2.41 bits per heavy atom. The first-order valence-corrected chi connectivity index (χ1v) is 12.5. The summed E-state index contributed by atoms with van der Waals surface area (Å²) in [6.45, 7) is 3.28. The smallest absolute Gasteiger partial charge is 0.273 e. The molecule has 0 fully saturated rings. The van der Waals surface area contributed by atoms with Gasteiger partial charge in [0, 0.05) is 17.7 Å². The molecule has 0 saturated carbocycles. The number of rotatable bonds is 10. The predicted molar refractivity (Wildman–Crippen MR) is 142 cm³/mol. The van der Waals surface area contributed by atoms with E-state index >= 15 is 0 Å². The quantitative estimate of drug-likeness (QED) is 0.305. The highest BCUT2D eigenvalue weighted by Crippen LogP contribution is 2.43. The minimum atomic E-state index is -0.267. The van der Waals surface area contributed by atoms with E-state index in [-0.39, 0.29) is 11.9 Å². The first-order valence-electron chi connectivity index (χ1n) is 12.5. The lowest BCUT2D eigenvalue weighted by atomic mass is 9.96. The van der Waals surface area contributed by atoms with Crippen LogP contribution in [0.1, 0.15) is 46.6 Å². The van der Waals surface area contributed by atoms with Crippen molar-refractivity contribution in [1.82, 2.24) is 15.1 Å². The van der Waals surface area contributed by atoms with Gasteiger partial charge in [0.2, 0.25) is 0 Å². The van der Waals surface area contributed by atoms with Gasteiger partial charge < -0.3 is 19.1 Å². The van der Waals surface area contributed by atoms with E-state index in [2.05, 4.69) is 17.1 Å². The van der Waals surface area contributed by atoms with Crippen LogP contribution in [0.5, 0.6) is 17.2 Å². The van der Waals surface area contributed by atoms with E-state index in [9.17, 15) is 4.79 Å². The molecule has 1 unspecified atom stereocenters. The summed E-state index contributed by atoms with van der Waals surface area (Å²) in [5.74, 6) is 2.12. The third-order valence-electron chi connectivity index (χ3n) is 6.67. The zero-order valence-corrected chi connectivity index (χ0v) is 21.4. The highest BCUT2D eigenvalue weighted by atomic mass is 16.5. The topological polar surface area (TPSA) is 76.7 Å². The number of ether oxygens (including phenoxy) is 3. The molecule has 4 aromatic rings. The minimum Gasteiger partial charge on any atom is -0.494 e. The first-order chi connectivity index (χ1) is 18.1. The van der Waals surface area contributed by atoms with Gasteiger partial charge in [-0.2, -0.15) is 5.10 Å². The molecular weight excluding hydrogens is 466 g/mol. The number of carbonyl (C=O) groups excluding carboxylic acids is 1. The van der Waals surface area contributed by atoms with Crippen LogP contribution in [-0.2, 0) is 6.42 Å². The zero-order chi connectivity index (χ0) is 25.8. The lowest BCUT2D eigenvalue weighted by Crippen LogP contribution is -2.31. The van der Waals surface area contributed by atoms with Crippen molar-refractivity contribution in [2.45, 2.75) is 25.8 Å². The van der Waals surface area contributed by atoms with Gasteiger partial charge in [-0.3, -0.25) is 9.89 Å². The fourth-order valence-electron chi connectivity index (χ4n) is 4.84. The number of H-pyrrole nitrogens is 1. The number of benzene rings is 3. The van der Waals surface area contributed by atoms with Crippen molar-refractivity contribution in [3.8, 4) is 28.5 Å². The lowest BCUT2D eigenvalue weighted by Gasteiger charge is -2.27. The number of hydrogen-bond donors (Lipinski definition) is 1. The van der Waals surface area contributed by atoms with Crippen molar-refractivity contribution in [3.05, 3.63) is 95.2 Å². The van der Waals surface area contributed by atoms with Gasteiger partial charge in [-0.15, -0.1) is 0 Å². The third kappa shape index (κ3) is 4.77. The first kappa shape index (κ1) is 24.4. The van der Waals surface area contributed by atoms with Crippen LogP contribution < -0.4 is 14.2 Å². The predicted octanol–water partition coefficient (Wildman–Crippen LogP) is 5.67. The average molecular weight is 498 g/mol. The molecule has 37 heavy (non-hydrogen) atoms. The van der Waals surface area contributed by atoms with E-state index < -0.39 is 0 Å². The van der Waals surface area contributed by atoms with Crippen molar-refractivity contribution in [3.63, 3.8) is 0 Å². The van der Waals surface area contributed by atoms with Crippen LogP contribution in [0.4, 0.5) is 0 Å². The maximum Gasteiger partial charge on any atom is 0.273 e. The van der Waals surface area contributed by atoms with Crippen molar-refractivity contribution in [1.29, 1.82) is 0 Å². The molecule has 0 bridgehead atoms. The Morgan fingerprint density at radius 1 is 0.946 bits per heavy atom. The summed E-state index contributed by atoms with van der Waals surface area (Å²) in [7, 11) is 3.25. The number of nitrogens with one attached hydrogen (secondary N) is 1. The average Bonchev–Trinajstić information content (AvgIpc) is 3.50. The standard InChI is InChI=1S/C30H31N3O4/c1-4-18-37-23-13-11-22(12-14-23)29-26-27(21-8-6-5-7-9-21)31-32-28(26)30(34)33(29)17-16-20-10-15-24(35-2)25(19-20)36-3/h5-15,19,29H,4,16-18H2,1-3H3,(H,31,32). The number of aromatic amines is 1. The number of hydrogen-bond acceptors (Lipinski definition) is 5. The van der Waals surface area contributed by atoms with Gasteiger partial charge in [0.25, 0.3) is 5.91 Å². The molecule has 1 atom stereocenters. The van der Waals surface area contributed by atoms with Crippen LogP contribution in [0, 0.1) is 0 Å². The molecule has 1 aliphatic rings. The van der Waals surface area contributed by atoms with Crippen LogP contribution in [-0.4, -0.2) is 48.4 Å². The summed E-state index contributed by atoms with van der Waals surface area (Å²) in [6.07, 6.45) is 1.61. The molecule has 1 N–H and O–H groups in total. The minimum absolute atomic E-state index is 0.0542. The maximum atomic E-state index is 13.7. The summed E-state index contributed by atoms with van der Waals surface area (Å²) in [5.41, 5.74) is 5.30. The molecule has 5 rings (SSSR count). The molecule has 0 aliphatic carbocycles. The van der Waals surface area contributed by atoms with Crippen LogP contribution in [0.25, 0.3) is 11.3 Å². The van der Waals surface area contributed by atoms with Gasteiger partial charge in [-0.25, -0.2) is 0 Å². The van der Waals surface area contributed by atoms with E-state index in [4.69, 9.17) is 14.2 Å². The fourth-order valence-corrected chi connectivity index (χ4v) is 4.84. The van der Waals surface area contributed by atoms with Crippen LogP contribution >= 0.6 is 0 Å². The monoisotopic (exact) mass is 497 g/mol. The van der Waals surface area contributed by atoms with E-state index in [0.29, 0.717) is 36.8 Å². The van der Waals surface area contributed by atoms with Gasteiger partial charge in [-0.1, -0.05) is 55.5 Å². The molecule has 2 heterocycles. The highest BCUT2D eigenvalue weighted by molar-refractivity contribution is 6.00. The normalized spacial score (nSPS) is 14.5. The maximum absolute atomic E-state index is 13.7. The Hall–Kier alpha value is -4.26. The summed E-state index contributed by atoms with van der Waals surface area (Å²) in [4.78, 5) is 15.6. The lowest BCUT2D eigenvalue weighted by molar-refractivity contribution is 0.0746. The largest absolute Gasteiger partial charge is 0.494 e. The molecule has 190 valence electrons. The van der Waals surface area contributed by atoms with E-state index in [1.807, 2.05) is 77.7 Å². The van der Waals surface area contributed by atoms with Crippen molar-refractivity contribution in [2.75, 3.05) is 27.4 Å². The number of methoxy groups -OCH3 is 2. The van der Waals surface area contributed by atoms with Gasteiger partial charge in [0.05, 0.1) is 32.6 Å². The number of aromatic nitrogens is 2. The summed E-state index contributed by atoms with van der Waals surface area (Å²) in [5, 5.41) is 7.59. The Bertz CT molecular complexity index is 1370. The van der Waals surface area contributed by atoms with Crippen molar-refractivity contribution in [2.24, 2.45) is 0 Å². The molecule has 7 nitrogen and oxygen atoms in total. The number of carbonyl (C=O) groups is 1. The molecule has 0 radical (unpaired) electrons. The molecular formula is C30H31N3O4. The molecule has 7 heteroatoms. The van der Waals surface area contributed by atoms with Crippen LogP contribution in [0.2, 0.25) is 0 Å².